The van der Waals surface area contributed by atoms with Crippen molar-refractivity contribution < 1.29 is 0 Å². The second-order valence-electron chi connectivity index (χ2n) is 3.04. The highest BCUT2D eigenvalue weighted by Gasteiger charge is 2.16. The Morgan fingerprint density at radius 1 is 0.562 bits per heavy atom. The number of hydrogen-bond acceptors (Lipinski definition) is 0. The van der Waals surface area contributed by atoms with E-state index in [0.717, 1.165) is 37.6 Å². The number of halogens is 6. The fourth-order valence-electron chi connectivity index (χ4n) is 1.37. The van der Waals surface area contributed by atoms with Gasteiger partial charge < -0.3 is 0 Å². The zero-order valence-electron chi connectivity index (χ0n) is 7.42. The largest absolute Gasteiger partial charge is 0.0520 e. The molecule has 16 heavy (non-hydrogen) atoms. The van der Waals surface area contributed by atoms with E-state index in [9.17, 15) is 0 Å². The summed E-state index contributed by atoms with van der Waals surface area (Å²) in [7, 11) is 0. The summed E-state index contributed by atoms with van der Waals surface area (Å²) in [6.45, 7) is 0. The van der Waals surface area contributed by atoms with Crippen LogP contribution in [0.2, 0.25) is 0 Å². The van der Waals surface area contributed by atoms with E-state index >= 15 is 0 Å². The Morgan fingerprint density at radius 3 is 1.75 bits per heavy atom. The van der Waals surface area contributed by atoms with Crippen LogP contribution in [0.1, 0.15) is 0 Å². The van der Waals surface area contributed by atoms with Crippen LogP contribution >= 0.6 is 95.6 Å². The van der Waals surface area contributed by atoms with Crippen LogP contribution in [0.3, 0.4) is 0 Å². The van der Waals surface area contributed by atoms with Crippen molar-refractivity contribution in [1.82, 2.24) is 0 Å². The Morgan fingerprint density at radius 2 is 1.12 bits per heavy atom. The fourth-order valence-corrected chi connectivity index (χ4v) is 4.99. The Kier molecular flexibility index (Phi) is 4.63. The first-order chi connectivity index (χ1) is 7.45. The molecule has 0 nitrogen and oxygen atoms in total. The standard InChI is InChI=1S/C10H2Br6/c11-4-2-1-3-5(7(4)13)8(14)10(16)9(15)6(3)12/h1-2H. The normalized spacial score (nSPS) is 11.1. The molecule has 0 spiro atoms. The first-order valence-corrected chi connectivity index (χ1v) is 8.80. The molecule has 2 aromatic rings. The molecule has 0 fully saturated rings. The molecule has 0 bridgehead atoms. The van der Waals surface area contributed by atoms with Crippen LogP contribution in [0, 0.1) is 0 Å². The number of hydrogen-bond donors (Lipinski definition) is 0. The average Bonchev–Trinajstić information content (AvgIpc) is 2.27. The van der Waals surface area contributed by atoms with E-state index in [-0.39, 0.29) is 0 Å². The summed E-state index contributed by atoms with van der Waals surface area (Å²) in [6.07, 6.45) is 0. The number of rotatable bonds is 0. The summed E-state index contributed by atoms with van der Waals surface area (Å²) >= 11 is 21.4. The third kappa shape index (κ3) is 2.23. The Labute approximate surface area is 143 Å². The van der Waals surface area contributed by atoms with E-state index < -0.39 is 0 Å². The smallest absolute Gasteiger partial charge is 0.0477 e. The third-order valence-corrected chi connectivity index (χ3v) is 8.94. The third-order valence-electron chi connectivity index (χ3n) is 2.13. The van der Waals surface area contributed by atoms with Gasteiger partial charge in [0.1, 0.15) is 0 Å². The van der Waals surface area contributed by atoms with Gasteiger partial charge in [-0.15, -0.1) is 0 Å². The second kappa shape index (κ2) is 5.29. The van der Waals surface area contributed by atoms with Crippen LogP contribution in [0.4, 0.5) is 0 Å². The molecule has 0 aliphatic heterocycles. The van der Waals surface area contributed by atoms with Crippen molar-refractivity contribution >= 4 is 106 Å². The highest BCUT2D eigenvalue weighted by atomic mass is 79.9. The van der Waals surface area contributed by atoms with Gasteiger partial charge in [0.2, 0.25) is 0 Å². The number of benzene rings is 2. The van der Waals surface area contributed by atoms with Crippen LogP contribution in [0.5, 0.6) is 0 Å². The lowest BCUT2D eigenvalue weighted by Crippen LogP contribution is -1.85. The molecule has 84 valence electrons. The van der Waals surface area contributed by atoms with Gasteiger partial charge in [0, 0.05) is 32.2 Å². The van der Waals surface area contributed by atoms with Crippen molar-refractivity contribution in [3.8, 4) is 0 Å². The van der Waals surface area contributed by atoms with Crippen LogP contribution in [-0.4, -0.2) is 0 Å². The Bertz CT molecular complexity index is 590. The van der Waals surface area contributed by atoms with Crippen molar-refractivity contribution in [3.05, 3.63) is 39.0 Å². The molecule has 0 aromatic heterocycles. The quantitative estimate of drug-likeness (QED) is 0.218. The molecular weight excluding hydrogens is 600 g/mol. The fraction of sp³-hybridized carbons (Fsp3) is 0. The predicted octanol–water partition coefficient (Wildman–Crippen LogP) is 7.41. The minimum absolute atomic E-state index is 0.991. The summed E-state index contributed by atoms with van der Waals surface area (Å²) in [6, 6.07) is 4.08. The lowest BCUT2D eigenvalue weighted by atomic mass is 10.1. The summed E-state index contributed by atoms with van der Waals surface area (Å²) < 4.78 is 6.11. The molecule has 0 radical (unpaired) electrons. The van der Waals surface area contributed by atoms with E-state index in [1.54, 1.807) is 0 Å². The molecule has 0 heterocycles. The lowest BCUT2D eigenvalue weighted by Gasteiger charge is -2.11. The molecule has 2 aromatic carbocycles. The lowest BCUT2D eigenvalue weighted by molar-refractivity contribution is 1.53. The van der Waals surface area contributed by atoms with E-state index in [1.807, 2.05) is 6.07 Å². The summed E-state index contributed by atoms with van der Waals surface area (Å²) in [4.78, 5) is 0. The van der Waals surface area contributed by atoms with E-state index in [4.69, 9.17) is 0 Å². The summed E-state index contributed by atoms with van der Waals surface area (Å²) in [5, 5.41) is 2.26. The minimum Gasteiger partial charge on any atom is -0.0520 e. The second-order valence-corrected chi connectivity index (χ2v) is 7.86. The molecule has 0 atom stereocenters. The highest BCUT2D eigenvalue weighted by Crippen LogP contribution is 2.47. The van der Waals surface area contributed by atoms with Gasteiger partial charge in [-0.2, -0.15) is 0 Å². The van der Waals surface area contributed by atoms with Gasteiger partial charge >= 0.3 is 0 Å². The highest BCUT2D eigenvalue weighted by molar-refractivity contribution is 9.15. The molecule has 0 N–H and O–H groups in total. The van der Waals surface area contributed by atoms with Crippen molar-refractivity contribution in [2.24, 2.45) is 0 Å². The molecule has 0 amide bonds. The van der Waals surface area contributed by atoms with E-state index in [2.05, 4.69) is 102 Å². The monoisotopic (exact) mass is 596 g/mol. The van der Waals surface area contributed by atoms with Gasteiger partial charge in [-0.3, -0.25) is 0 Å². The molecular formula is C10H2Br6. The molecule has 0 aliphatic carbocycles. The average molecular weight is 602 g/mol. The molecule has 0 unspecified atom stereocenters. The molecule has 0 saturated heterocycles. The van der Waals surface area contributed by atoms with Gasteiger partial charge in [-0.05, 0) is 107 Å². The van der Waals surface area contributed by atoms with Gasteiger partial charge in [-0.1, -0.05) is 6.07 Å². The van der Waals surface area contributed by atoms with E-state index in [0.29, 0.717) is 0 Å². The van der Waals surface area contributed by atoms with Crippen molar-refractivity contribution in [2.45, 2.75) is 0 Å². The van der Waals surface area contributed by atoms with Crippen LogP contribution in [-0.2, 0) is 0 Å². The molecule has 6 heteroatoms. The Hall–Kier alpha value is 1.58. The van der Waals surface area contributed by atoms with Crippen LogP contribution < -0.4 is 0 Å². The van der Waals surface area contributed by atoms with Gasteiger partial charge in [0.05, 0.1) is 0 Å². The van der Waals surface area contributed by atoms with Crippen LogP contribution in [0.15, 0.2) is 39.0 Å². The van der Waals surface area contributed by atoms with E-state index in [1.165, 1.54) is 0 Å². The van der Waals surface area contributed by atoms with Gasteiger partial charge in [0.25, 0.3) is 0 Å². The molecule has 0 saturated carbocycles. The van der Waals surface area contributed by atoms with Gasteiger partial charge in [-0.25, -0.2) is 0 Å². The predicted molar refractivity (Wildman–Crippen MR) is 90.1 cm³/mol. The molecule has 0 aliphatic rings. The maximum Gasteiger partial charge on any atom is 0.0477 e. The van der Waals surface area contributed by atoms with Crippen molar-refractivity contribution in [1.29, 1.82) is 0 Å². The van der Waals surface area contributed by atoms with Crippen molar-refractivity contribution in [3.63, 3.8) is 0 Å². The first kappa shape index (κ1) is 14.0. The topological polar surface area (TPSA) is 0 Å². The Balaban J connectivity index is 3.09. The van der Waals surface area contributed by atoms with Gasteiger partial charge in [0.15, 0.2) is 0 Å². The summed E-state index contributed by atoms with van der Waals surface area (Å²) in [5.41, 5.74) is 0. The zero-order chi connectivity index (χ0) is 12.0. The van der Waals surface area contributed by atoms with Crippen molar-refractivity contribution in [2.75, 3.05) is 0 Å². The zero-order valence-corrected chi connectivity index (χ0v) is 16.9. The van der Waals surface area contributed by atoms with Crippen LogP contribution in [0.25, 0.3) is 10.8 Å². The SMILES string of the molecule is Brc1ccc2c(Br)c(Br)c(Br)c(Br)c2c1Br. The molecule has 2 rings (SSSR count). The maximum atomic E-state index is 3.60. The minimum atomic E-state index is 0.991. The first-order valence-electron chi connectivity index (χ1n) is 4.04. The summed E-state index contributed by atoms with van der Waals surface area (Å²) in [5.74, 6) is 0. The number of fused-ring (bicyclic) bond motifs is 1. The maximum absolute atomic E-state index is 3.60.